The van der Waals surface area contributed by atoms with Crippen molar-refractivity contribution in [3.05, 3.63) is 47.0 Å². The number of rotatable bonds is 5. The monoisotopic (exact) mass is 409 g/mol. The Labute approximate surface area is 174 Å². The second-order valence-corrected chi connectivity index (χ2v) is 8.12. The molecule has 0 aliphatic heterocycles. The Morgan fingerprint density at radius 3 is 2.73 bits per heavy atom. The van der Waals surface area contributed by atoms with Crippen LogP contribution in [-0.2, 0) is 11.3 Å². The van der Waals surface area contributed by atoms with E-state index in [1.807, 2.05) is 24.3 Å². The zero-order valence-corrected chi connectivity index (χ0v) is 17.5. The van der Waals surface area contributed by atoms with Crippen molar-refractivity contribution in [3.8, 4) is 17.0 Å². The summed E-state index contributed by atoms with van der Waals surface area (Å²) in [6.45, 7) is 4.30. The molecule has 30 heavy (non-hydrogen) atoms. The summed E-state index contributed by atoms with van der Waals surface area (Å²) in [6.07, 6.45) is 4.75. The smallest absolute Gasteiger partial charge is 0.293 e. The lowest BCUT2D eigenvalue weighted by molar-refractivity contribution is -0.123. The molecular formula is C22H27N5O3. The van der Waals surface area contributed by atoms with Gasteiger partial charge in [-0.15, -0.1) is 0 Å². The van der Waals surface area contributed by atoms with E-state index in [0.717, 1.165) is 24.2 Å². The lowest BCUT2D eigenvalue weighted by atomic mass is 9.78. The summed E-state index contributed by atoms with van der Waals surface area (Å²) in [4.78, 5) is 25.4. The number of aromatic nitrogens is 4. The Hall–Kier alpha value is -3.16. The van der Waals surface area contributed by atoms with E-state index in [1.54, 1.807) is 13.2 Å². The highest BCUT2D eigenvalue weighted by atomic mass is 16.5. The zero-order chi connectivity index (χ0) is 21.3. The van der Waals surface area contributed by atoms with Gasteiger partial charge in [-0.1, -0.05) is 26.7 Å². The second kappa shape index (κ2) is 8.30. The van der Waals surface area contributed by atoms with E-state index in [1.165, 1.54) is 21.9 Å². The third-order valence-corrected chi connectivity index (χ3v) is 6.22. The van der Waals surface area contributed by atoms with Crippen LogP contribution >= 0.6 is 0 Å². The molecule has 3 aromatic rings. The molecule has 8 heteroatoms. The summed E-state index contributed by atoms with van der Waals surface area (Å²) in [5, 5.41) is 11.7. The van der Waals surface area contributed by atoms with Crippen molar-refractivity contribution in [2.75, 3.05) is 7.11 Å². The average molecular weight is 409 g/mol. The summed E-state index contributed by atoms with van der Waals surface area (Å²) in [6, 6.07) is 9.31. The molecule has 1 aromatic carbocycles. The van der Waals surface area contributed by atoms with Crippen molar-refractivity contribution >= 4 is 11.4 Å². The maximum absolute atomic E-state index is 12.9. The Morgan fingerprint density at radius 1 is 1.23 bits per heavy atom. The van der Waals surface area contributed by atoms with E-state index >= 15 is 0 Å². The first-order chi connectivity index (χ1) is 14.5. The molecule has 8 nitrogen and oxygen atoms in total. The zero-order valence-electron chi connectivity index (χ0n) is 17.5. The molecule has 3 atom stereocenters. The van der Waals surface area contributed by atoms with Gasteiger partial charge in [0.15, 0.2) is 0 Å². The van der Waals surface area contributed by atoms with Gasteiger partial charge in [0, 0.05) is 11.6 Å². The number of carbonyl (C=O) groups is 1. The Kier molecular flexibility index (Phi) is 5.57. The van der Waals surface area contributed by atoms with Gasteiger partial charge in [0.05, 0.1) is 12.8 Å². The number of fused-ring (bicyclic) bond motifs is 1. The molecule has 158 valence electrons. The van der Waals surface area contributed by atoms with Crippen LogP contribution in [0.3, 0.4) is 0 Å². The maximum Gasteiger partial charge on any atom is 0.293 e. The second-order valence-electron chi connectivity index (χ2n) is 8.12. The number of nitrogens with one attached hydrogen (secondary N) is 1. The molecule has 1 fully saturated rings. The minimum absolute atomic E-state index is 0.101. The van der Waals surface area contributed by atoms with Crippen LogP contribution in [0.15, 0.2) is 41.5 Å². The Balaban J connectivity index is 1.53. The molecule has 4 rings (SSSR count). The first-order valence-corrected chi connectivity index (χ1v) is 10.4. The summed E-state index contributed by atoms with van der Waals surface area (Å²) in [5.41, 5.74) is 1.56. The fourth-order valence-electron chi connectivity index (χ4n) is 4.13. The Morgan fingerprint density at radius 2 is 2.00 bits per heavy atom. The normalized spacial score (nSPS) is 21.5. The summed E-state index contributed by atoms with van der Waals surface area (Å²) < 4.78 is 7.82. The van der Waals surface area contributed by atoms with E-state index in [2.05, 4.69) is 29.4 Å². The molecular weight excluding hydrogens is 382 g/mol. The van der Waals surface area contributed by atoms with Gasteiger partial charge in [-0.2, -0.15) is 10.2 Å². The molecule has 1 N–H and O–H groups in total. The van der Waals surface area contributed by atoms with Gasteiger partial charge in [-0.25, -0.2) is 9.20 Å². The lowest BCUT2D eigenvalue weighted by Crippen LogP contribution is -2.45. The fourth-order valence-corrected chi connectivity index (χ4v) is 4.13. The molecule has 1 aliphatic rings. The molecule has 1 amide bonds. The van der Waals surface area contributed by atoms with E-state index < -0.39 is 0 Å². The number of methoxy groups -OCH3 is 1. The fraction of sp³-hybridized carbons (Fsp3) is 0.455. The van der Waals surface area contributed by atoms with Crippen molar-refractivity contribution in [2.24, 2.45) is 11.8 Å². The SMILES string of the molecule is COc1ccc(-c2cc3c(=O)n(CC(=O)N[C@@H]4CCC[C@H](C)[C@@H]4C)ncn3n2)cc1. The predicted molar refractivity (Wildman–Crippen MR) is 113 cm³/mol. The third kappa shape index (κ3) is 3.94. The molecule has 0 radical (unpaired) electrons. The van der Waals surface area contributed by atoms with Gasteiger partial charge < -0.3 is 10.1 Å². The highest BCUT2D eigenvalue weighted by Gasteiger charge is 2.28. The standard InChI is InChI=1S/C22H27N5O3/c1-14-5-4-6-18(15(14)2)24-21(28)12-26-22(29)20-11-19(25-27(20)13-23-26)16-7-9-17(30-3)10-8-16/h7-11,13-15,18H,4-6,12H2,1-3H3,(H,24,28)/t14-,15-,18+/m0/s1. The van der Waals surface area contributed by atoms with E-state index in [-0.39, 0.29) is 24.1 Å². The van der Waals surface area contributed by atoms with Crippen LogP contribution in [0.2, 0.25) is 0 Å². The quantitative estimate of drug-likeness (QED) is 0.699. The summed E-state index contributed by atoms with van der Waals surface area (Å²) in [5.74, 6) is 1.58. The van der Waals surface area contributed by atoms with Crippen LogP contribution < -0.4 is 15.6 Å². The number of carbonyl (C=O) groups excluding carboxylic acids is 1. The number of nitrogens with zero attached hydrogens (tertiary/aromatic N) is 4. The highest BCUT2D eigenvalue weighted by molar-refractivity contribution is 5.76. The lowest BCUT2D eigenvalue weighted by Gasteiger charge is -2.34. The molecule has 2 heterocycles. The minimum atomic E-state index is -0.343. The first kappa shape index (κ1) is 20.1. The van der Waals surface area contributed by atoms with Crippen molar-refractivity contribution < 1.29 is 9.53 Å². The molecule has 0 saturated heterocycles. The number of ether oxygens (including phenoxy) is 1. The molecule has 1 aliphatic carbocycles. The number of benzene rings is 1. The van der Waals surface area contributed by atoms with Gasteiger partial charge in [-0.3, -0.25) is 9.59 Å². The summed E-state index contributed by atoms with van der Waals surface area (Å²) in [7, 11) is 1.61. The van der Waals surface area contributed by atoms with E-state index in [9.17, 15) is 9.59 Å². The van der Waals surface area contributed by atoms with Gasteiger partial charge in [0.25, 0.3) is 5.56 Å². The maximum atomic E-state index is 12.9. The van der Waals surface area contributed by atoms with Crippen LogP contribution in [0.25, 0.3) is 16.8 Å². The van der Waals surface area contributed by atoms with E-state index in [4.69, 9.17) is 4.74 Å². The molecule has 2 aromatic heterocycles. The third-order valence-electron chi connectivity index (χ3n) is 6.22. The van der Waals surface area contributed by atoms with Crippen molar-refractivity contribution in [1.29, 1.82) is 0 Å². The molecule has 0 unspecified atom stereocenters. The van der Waals surface area contributed by atoms with Crippen LogP contribution in [0, 0.1) is 11.8 Å². The van der Waals surface area contributed by atoms with Gasteiger partial charge in [-0.05, 0) is 48.6 Å². The van der Waals surface area contributed by atoms with Crippen LogP contribution in [-0.4, -0.2) is 38.5 Å². The van der Waals surface area contributed by atoms with Crippen molar-refractivity contribution in [1.82, 2.24) is 24.7 Å². The molecule has 0 bridgehead atoms. The predicted octanol–water partition coefficient (Wildman–Crippen LogP) is 2.51. The Bertz CT molecular complexity index is 1100. The van der Waals surface area contributed by atoms with Gasteiger partial charge in [0.2, 0.25) is 5.91 Å². The minimum Gasteiger partial charge on any atom is -0.497 e. The van der Waals surface area contributed by atoms with Crippen LogP contribution in [0.4, 0.5) is 0 Å². The first-order valence-electron chi connectivity index (χ1n) is 10.4. The number of amides is 1. The number of hydrogen-bond acceptors (Lipinski definition) is 5. The largest absolute Gasteiger partial charge is 0.497 e. The number of hydrogen-bond donors (Lipinski definition) is 1. The van der Waals surface area contributed by atoms with E-state index in [0.29, 0.717) is 23.0 Å². The highest BCUT2D eigenvalue weighted by Crippen LogP contribution is 2.29. The molecule has 0 spiro atoms. The van der Waals surface area contributed by atoms with Crippen molar-refractivity contribution in [2.45, 2.75) is 45.7 Å². The van der Waals surface area contributed by atoms with Gasteiger partial charge >= 0.3 is 0 Å². The topological polar surface area (TPSA) is 90.5 Å². The van der Waals surface area contributed by atoms with Crippen molar-refractivity contribution in [3.63, 3.8) is 0 Å². The van der Waals surface area contributed by atoms with Crippen LogP contribution in [0.5, 0.6) is 5.75 Å². The molecule has 1 saturated carbocycles. The average Bonchev–Trinajstić information content (AvgIpc) is 3.19. The summed E-state index contributed by atoms with van der Waals surface area (Å²) >= 11 is 0. The van der Waals surface area contributed by atoms with Crippen LogP contribution in [0.1, 0.15) is 33.1 Å². The van der Waals surface area contributed by atoms with Gasteiger partial charge in [0.1, 0.15) is 24.1 Å².